The van der Waals surface area contributed by atoms with Crippen molar-refractivity contribution in [3.8, 4) is 0 Å². The number of hydrogen-bond donors (Lipinski definition) is 2. The van der Waals surface area contributed by atoms with Gasteiger partial charge in [-0.3, -0.25) is 9.59 Å². The molecule has 6 heteroatoms. The summed E-state index contributed by atoms with van der Waals surface area (Å²) in [6.45, 7) is 0. The van der Waals surface area contributed by atoms with Gasteiger partial charge in [-0.15, -0.1) is 0 Å². The number of fused-ring (bicyclic) bond motifs is 1. The number of rotatable bonds is 3. The van der Waals surface area contributed by atoms with E-state index in [1.165, 1.54) is 4.90 Å². The zero-order valence-electron chi connectivity index (χ0n) is 13.9. The van der Waals surface area contributed by atoms with Gasteiger partial charge in [0.05, 0.1) is 0 Å². The van der Waals surface area contributed by atoms with Crippen LogP contribution in [0.3, 0.4) is 0 Å². The third-order valence-corrected chi connectivity index (χ3v) is 4.87. The summed E-state index contributed by atoms with van der Waals surface area (Å²) >= 11 is 0. The maximum atomic E-state index is 13.0. The second-order valence-corrected chi connectivity index (χ2v) is 6.52. The third kappa shape index (κ3) is 3.73. The van der Waals surface area contributed by atoms with Crippen LogP contribution in [-0.4, -0.2) is 45.9 Å². The minimum Gasteiger partial charge on any atom is -0.480 e. The average molecular weight is 342 g/mol. The largest absolute Gasteiger partial charge is 0.480 e. The van der Waals surface area contributed by atoms with Gasteiger partial charge < -0.3 is 15.3 Å². The molecule has 1 aromatic carbocycles. The number of nitrogens with zero attached hydrogens (tertiary/aromatic N) is 1. The van der Waals surface area contributed by atoms with Crippen molar-refractivity contribution in [2.45, 2.75) is 50.2 Å². The maximum absolute atomic E-state index is 13.0. The van der Waals surface area contributed by atoms with Crippen molar-refractivity contribution in [1.29, 1.82) is 0 Å². The Labute approximate surface area is 146 Å². The van der Waals surface area contributed by atoms with Crippen LogP contribution in [0, 0.1) is 0 Å². The molecule has 0 aromatic heterocycles. The van der Waals surface area contributed by atoms with Crippen molar-refractivity contribution in [1.82, 2.24) is 10.2 Å². The van der Waals surface area contributed by atoms with Crippen LogP contribution in [0.4, 0.5) is 0 Å². The summed E-state index contributed by atoms with van der Waals surface area (Å²) in [4.78, 5) is 38.5. The lowest BCUT2D eigenvalue weighted by Gasteiger charge is -2.42. The maximum Gasteiger partial charge on any atom is 0.326 e. The van der Waals surface area contributed by atoms with Crippen LogP contribution in [0.25, 0.3) is 0 Å². The Morgan fingerprint density at radius 3 is 2.52 bits per heavy atom. The van der Waals surface area contributed by atoms with E-state index in [2.05, 4.69) is 5.32 Å². The molecule has 3 rings (SSSR count). The quantitative estimate of drug-likeness (QED) is 0.822. The van der Waals surface area contributed by atoms with Crippen LogP contribution < -0.4 is 5.32 Å². The third-order valence-electron chi connectivity index (χ3n) is 4.87. The highest BCUT2D eigenvalue weighted by atomic mass is 16.4. The van der Waals surface area contributed by atoms with Crippen LogP contribution in [0.2, 0.25) is 0 Å². The Bertz CT molecular complexity index is 686. The number of piperidine rings is 1. The standard InChI is InChI=1S/C19H22N2O4/c22-17(13-7-2-1-3-8-13)20-15-11-5-4-9-14-10-6-12-16(19(24)25)21(14)18(15)23/h1-5,7-8,14-16H,6,9-12H2,(H,20,22)(H,24,25)/t14-,15+,16+/m1/s1. The van der Waals surface area contributed by atoms with Crippen molar-refractivity contribution in [3.63, 3.8) is 0 Å². The molecule has 1 fully saturated rings. The van der Waals surface area contributed by atoms with E-state index in [0.717, 1.165) is 12.8 Å². The number of carbonyl (C=O) groups excluding carboxylic acids is 2. The first-order valence-corrected chi connectivity index (χ1v) is 8.64. The number of aliphatic carboxylic acids is 1. The van der Waals surface area contributed by atoms with Crippen LogP contribution >= 0.6 is 0 Å². The minimum absolute atomic E-state index is 0.116. The van der Waals surface area contributed by atoms with Crippen molar-refractivity contribution >= 4 is 17.8 Å². The molecule has 1 aromatic rings. The second-order valence-electron chi connectivity index (χ2n) is 6.52. The van der Waals surface area contributed by atoms with Crippen molar-refractivity contribution in [3.05, 3.63) is 48.0 Å². The SMILES string of the molecule is O=C(N[C@H]1CC=CC[C@@H]2CCC[C@@H](C(=O)O)N2C1=O)c1ccccc1. The van der Waals surface area contributed by atoms with Gasteiger partial charge in [-0.2, -0.15) is 0 Å². The summed E-state index contributed by atoms with van der Waals surface area (Å²) in [7, 11) is 0. The van der Waals surface area contributed by atoms with E-state index in [-0.39, 0.29) is 17.9 Å². The summed E-state index contributed by atoms with van der Waals surface area (Å²) < 4.78 is 0. The topological polar surface area (TPSA) is 86.7 Å². The molecular formula is C19H22N2O4. The van der Waals surface area contributed by atoms with Crippen molar-refractivity contribution in [2.75, 3.05) is 0 Å². The molecule has 25 heavy (non-hydrogen) atoms. The van der Waals surface area contributed by atoms with Gasteiger partial charge in [0.25, 0.3) is 5.91 Å². The number of hydrogen-bond acceptors (Lipinski definition) is 3. The van der Waals surface area contributed by atoms with Gasteiger partial charge in [-0.25, -0.2) is 4.79 Å². The molecule has 132 valence electrons. The fraction of sp³-hybridized carbons (Fsp3) is 0.421. The number of carboxylic acids is 1. The van der Waals surface area contributed by atoms with Gasteiger partial charge in [-0.1, -0.05) is 30.4 Å². The highest BCUT2D eigenvalue weighted by molar-refractivity contribution is 5.98. The Balaban J connectivity index is 1.82. The van der Waals surface area contributed by atoms with Gasteiger partial charge in [-0.05, 0) is 44.2 Å². The second kappa shape index (κ2) is 7.51. The highest BCUT2D eigenvalue weighted by Crippen LogP contribution is 2.28. The molecule has 2 amide bonds. The molecule has 2 aliphatic rings. The van der Waals surface area contributed by atoms with E-state index in [4.69, 9.17) is 0 Å². The van der Waals surface area contributed by atoms with Crippen LogP contribution in [0.15, 0.2) is 42.5 Å². The lowest BCUT2D eigenvalue weighted by Crippen LogP contribution is -2.59. The fourth-order valence-electron chi connectivity index (χ4n) is 3.61. The molecule has 2 aliphatic heterocycles. The van der Waals surface area contributed by atoms with E-state index in [1.807, 2.05) is 18.2 Å². The summed E-state index contributed by atoms with van der Waals surface area (Å²) in [5.41, 5.74) is 0.478. The van der Waals surface area contributed by atoms with Gasteiger partial charge in [0.15, 0.2) is 0 Å². The molecule has 0 aliphatic carbocycles. The van der Waals surface area contributed by atoms with Crippen molar-refractivity contribution in [2.24, 2.45) is 0 Å². The monoisotopic (exact) mass is 342 g/mol. The molecule has 1 saturated heterocycles. The number of nitrogens with one attached hydrogen (secondary N) is 1. The van der Waals surface area contributed by atoms with Gasteiger partial charge in [0.1, 0.15) is 12.1 Å². The smallest absolute Gasteiger partial charge is 0.326 e. The summed E-state index contributed by atoms with van der Waals surface area (Å²) in [5, 5.41) is 12.3. The number of carboxylic acid groups (broad SMARTS) is 1. The van der Waals surface area contributed by atoms with Gasteiger partial charge in [0.2, 0.25) is 5.91 Å². The molecule has 0 saturated carbocycles. The lowest BCUT2D eigenvalue weighted by molar-refractivity contribution is -0.156. The van der Waals surface area contributed by atoms with Crippen LogP contribution in [0.1, 0.15) is 42.5 Å². The zero-order chi connectivity index (χ0) is 17.8. The first kappa shape index (κ1) is 17.2. The van der Waals surface area contributed by atoms with E-state index in [0.29, 0.717) is 24.8 Å². The molecule has 0 unspecified atom stereocenters. The number of carbonyl (C=O) groups is 3. The molecule has 3 atom stereocenters. The van der Waals surface area contributed by atoms with Gasteiger partial charge >= 0.3 is 5.97 Å². The molecule has 2 heterocycles. The molecule has 2 N–H and O–H groups in total. The van der Waals surface area contributed by atoms with E-state index >= 15 is 0 Å². The Kier molecular flexibility index (Phi) is 5.16. The Morgan fingerprint density at radius 2 is 1.80 bits per heavy atom. The zero-order valence-corrected chi connectivity index (χ0v) is 13.9. The van der Waals surface area contributed by atoms with Crippen LogP contribution in [0.5, 0.6) is 0 Å². The molecule has 6 nitrogen and oxygen atoms in total. The predicted octanol–water partition coefficient (Wildman–Crippen LogP) is 1.97. The average Bonchev–Trinajstić information content (AvgIpc) is 2.62. The van der Waals surface area contributed by atoms with E-state index in [1.54, 1.807) is 24.3 Å². The van der Waals surface area contributed by atoms with E-state index in [9.17, 15) is 19.5 Å². The van der Waals surface area contributed by atoms with Crippen molar-refractivity contribution < 1.29 is 19.5 Å². The highest BCUT2D eigenvalue weighted by Gasteiger charge is 2.41. The lowest BCUT2D eigenvalue weighted by atomic mass is 9.90. The summed E-state index contributed by atoms with van der Waals surface area (Å²) in [5.74, 6) is -1.60. The minimum atomic E-state index is -0.976. The number of amides is 2. The molecular weight excluding hydrogens is 320 g/mol. The van der Waals surface area contributed by atoms with Crippen LogP contribution in [-0.2, 0) is 9.59 Å². The first-order valence-electron chi connectivity index (χ1n) is 8.64. The predicted molar refractivity (Wildman–Crippen MR) is 92.0 cm³/mol. The van der Waals surface area contributed by atoms with Gasteiger partial charge in [0, 0.05) is 11.6 Å². The molecule has 0 spiro atoms. The summed E-state index contributed by atoms with van der Waals surface area (Å²) in [6.07, 6.45) is 6.95. The normalized spacial score (nSPS) is 26.3. The Hall–Kier alpha value is -2.63. The Morgan fingerprint density at radius 1 is 1.08 bits per heavy atom. The summed E-state index contributed by atoms with van der Waals surface area (Å²) in [6, 6.07) is 7.03. The van der Waals surface area contributed by atoms with E-state index < -0.39 is 18.1 Å². The fourth-order valence-corrected chi connectivity index (χ4v) is 3.61. The first-order chi connectivity index (χ1) is 12.1. The number of benzene rings is 1. The molecule has 0 bridgehead atoms. The molecule has 0 radical (unpaired) electrons.